The molecule has 3 rings (SSSR count). The highest BCUT2D eigenvalue weighted by Crippen LogP contribution is 2.34. The molecule has 0 spiro atoms. The van der Waals surface area contributed by atoms with Crippen LogP contribution in [0.15, 0.2) is 42.5 Å². The molecule has 2 N–H and O–H groups in total. The number of hydrogen-bond donors (Lipinski definition) is 2. The fourth-order valence-corrected chi connectivity index (χ4v) is 2.98. The van der Waals surface area contributed by atoms with Crippen LogP contribution in [0.3, 0.4) is 0 Å². The van der Waals surface area contributed by atoms with Gasteiger partial charge < -0.3 is 15.4 Å². The van der Waals surface area contributed by atoms with Crippen LogP contribution in [0.1, 0.15) is 23.7 Å². The summed E-state index contributed by atoms with van der Waals surface area (Å²) in [5.74, 6) is -0.484. The Morgan fingerprint density at radius 1 is 1.21 bits per heavy atom. The molecule has 0 aliphatic carbocycles. The van der Waals surface area contributed by atoms with Crippen molar-refractivity contribution in [2.45, 2.75) is 13.3 Å². The molecule has 0 saturated heterocycles. The van der Waals surface area contributed by atoms with Crippen LogP contribution in [0.4, 0.5) is 11.4 Å². The molecule has 0 bridgehead atoms. The summed E-state index contributed by atoms with van der Waals surface area (Å²) in [6.07, 6.45) is 0.803. The smallest absolute Gasteiger partial charge is 0.265 e. The van der Waals surface area contributed by atoms with Gasteiger partial charge >= 0.3 is 0 Å². The number of hydrogen-bond acceptors (Lipinski definition) is 4. The van der Waals surface area contributed by atoms with Gasteiger partial charge in [0.15, 0.2) is 6.61 Å². The minimum Gasteiger partial charge on any atom is -0.482 e. The van der Waals surface area contributed by atoms with Gasteiger partial charge in [0.2, 0.25) is 5.91 Å². The number of amides is 3. The number of rotatable bonds is 6. The van der Waals surface area contributed by atoms with Gasteiger partial charge in [-0.3, -0.25) is 19.3 Å². The summed E-state index contributed by atoms with van der Waals surface area (Å²) in [5.41, 5.74) is 1.23. The molecule has 0 fully saturated rings. The molecule has 2 aromatic carbocycles. The lowest BCUT2D eigenvalue weighted by Gasteiger charge is -2.29. The maximum atomic E-state index is 12.5. The van der Waals surface area contributed by atoms with Gasteiger partial charge in [-0.25, -0.2) is 0 Å². The highest BCUT2D eigenvalue weighted by molar-refractivity contribution is 6.34. The molecule has 7 nitrogen and oxygen atoms in total. The third-order valence-electron chi connectivity index (χ3n) is 4.15. The van der Waals surface area contributed by atoms with Crippen molar-refractivity contribution in [3.63, 3.8) is 0 Å². The topological polar surface area (TPSA) is 87.7 Å². The van der Waals surface area contributed by atoms with Crippen LogP contribution in [-0.4, -0.2) is 37.4 Å². The van der Waals surface area contributed by atoms with E-state index in [0.29, 0.717) is 34.3 Å². The maximum Gasteiger partial charge on any atom is 0.265 e. The molecule has 146 valence electrons. The summed E-state index contributed by atoms with van der Waals surface area (Å²) in [7, 11) is 0. The molecule has 1 heterocycles. The third kappa shape index (κ3) is 4.43. The zero-order valence-electron chi connectivity index (χ0n) is 15.3. The summed E-state index contributed by atoms with van der Waals surface area (Å²) in [6.45, 7) is 2.23. The molecule has 0 unspecified atom stereocenters. The van der Waals surface area contributed by atoms with E-state index in [1.54, 1.807) is 42.5 Å². The predicted molar refractivity (Wildman–Crippen MR) is 107 cm³/mol. The minimum absolute atomic E-state index is 0.114. The normalized spacial score (nSPS) is 12.8. The fraction of sp³-hybridized carbons (Fsp3) is 0.250. The lowest BCUT2D eigenvalue weighted by Crippen LogP contribution is -2.45. The van der Waals surface area contributed by atoms with Crippen molar-refractivity contribution in [2.75, 3.05) is 29.9 Å². The fourth-order valence-electron chi connectivity index (χ4n) is 2.76. The van der Waals surface area contributed by atoms with Crippen LogP contribution < -0.4 is 20.3 Å². The van der Waals surface area contributed by atoms with Crippen LogP contribution in [-0.2, 0) is 9.59 Å². The van der Waals surface area contributed by atoms with E-state index in [-0.39, 0.29) is 30.9 Å². The van der Waals surface area contributed by atoms with Gasteiger partial charge in [-0.05, 0) is 36.8 Å². The van der Waals surface area contributed by atoms with Gasteiger partial charge in [-0.2, -0.15) is 0 Å². The monoisotopic (exact) mass is 401 g/mol. The second-order valence-corrected chi connectivity index (χ2v) is 6.64. The third-order valence-corrected chi connectivity index (χ3v) is 4.48. The maximum absolute atomic E-state index is 12.5. The van der Waals surface area contributed by atoms with Gasteiger partial charge in [0.05, 0.1) is 16.3 Å². The van der Waals surface area contributed by atoms with Crippen LogP contribution >= 0.6 is 11.6 Å². The number of carbonyl (C=O) groups is 3. The predicted octanol–water partition coefficient (Wildman–Crippen LogP) is 2.84. The molecule has 1 aliphatic heterocycles. The van der Waals surface area contributed by atoms with E-state index in [1.165, 1.54) is 4.90 Å². The standard InChI is InChI=1S/C20H20ClN3O4/c1-2-9-22-18(25)11-24-16-10-13(7-8-17(16)28-12-19(24)26)23-20(27)14-5-3-4-6-15(14)21/h3-8,10H,2,9,11-12H2,1H3,(H,22,25)(H,23,27). The van der Waals surface area contributed by atoms with E-state index in [0.717, 1.165) is 6.42 Å². The number of halogens is 1. The van der Waals surface area contributed by atoms with E-state index in [4.69, 9.17) is 16.3 Å². The molecule has 3 amide bonds. The molecule has 0 atom stereocenters. The van der Waals surface area contributed by atoms with Crippen molar-refractivity contribution >= 4 is 40.7 Å². The molecule has 1 aliphatic rings. The Hall–Kier alpha value is -3.06. The first kappa shape index (κ1) is 19.7. The van der Waals surface area contributed by atoms with Crippen molar-refractivity contribution < 1.29 is 19.1 Å². The van der Waals surface area contributed by atoms with Crippen LogP contribution in [0, 0.1) is 0 Å². The van der Waals surface area contributed by atoms with Gasteiger partial charge in [0, 0.05) is 12.2 Å². The van der Waals surface area contributed by atoms with Crippen LogP contribution in [0.5, 0.6) is 5.75 Å². The van der Waals surface area contributed by atoms with Gasteiger partial charge in [0.25, 0.3) is 11.8 Å². The Morgan fingerprint density at radius 3 is 2.75 bits per heavy atom. The Kier molecular flexibility index (Phi) is 6.16. The molecule has 0 radical (unpaired) electrons. The van der Waals surface area contributed by atoms with Crippen molar-refractivity contribution in [2.24, 2.45) is 0 Å². The Bertz CT molecular complexity index is 916. The summed E-state index contributed by atoms with van der Waals surface area (Å²) in [6, 6.07) is 11.6. The largest absolute Gasteiger partial charge is 0.482 e. The van der Waals surface area contributed by atoms with Crippen LogP contribution in [0.25, 0.3) is 0 Å². The zero-order chi connectivity index (χ0) is 20.1. The van der Waals surface area contributed by atoms with Crippen molar-refractivity contribution in [1.82, 2.24) is 5.32 Å². The number of ether oxygens (including phenoxy) is 1. The first-order valence-corrected chi connectivity index (χ1v) is 9.27. The average Bonchev–Trinajstić information content (AvgIpc) is 2.69. The van der Waals surface area contributed by atoms with Gasteiger partial charge in [0.1, 0.15) is 12.3 Å². The van der Waals surface area contributed by atoms with Crippen LogP contribution in [0.2, 0.25) is 5.02 Å². The summed E-state index contributed by atoms with van der Waals surface area (Å²) < 4.78 is 5.44. The molecular weight excluding hydrogens is 382 g/mol. The molecule has 2 aromatic rings. The van der Waals surface area contributed by atoms with Gasteiger partial charge in [-0.15, -0.1) is 0 Å². The quantitative estimate of drug-likeness (QED) is 0.779. The number of benzene rings is 2. The lowest BCUT2D eigenvalue weighted by atomic mass is 10.1. The van der Waals surface area contributed by atoms with E-state index in [9.17, 15) is 14.4 Å². The first-order chi connectivity index (χ1) is 13.5. The SMILES string of the molecule is CCCNC(=O)CN1C(=O)COc2ccc(NC(=O)c3ccccc3Cl)cc21. The van der Waals surface area contributed by atoms with Crippen molar-refractivity contribution in [1.29, 1.82) is 0 Å². The molecule has 0 saturated carbocycles. The van der Waals surface area contributed by atoms with E-state index in [2.05, 4.69) is 10.6 Å². The second kappa shape index (κ2) is 8.75. The Balaban J connectivity index is 1.81. The minimum atomic E-state index is -0.374. The number of fused-ring (bicyclic) bond motifs is 1. The number of anilines is 2. The first-order valence-electron chi connectivity index (χ1n) is 8.89. The molecular formula is C20H20ClN3O4. The van der Waals surface area contributed by atoms with Gasteiger partial charge in [-0.1, -0.05) is 30.7 Å². The van der Waals surface area contributed by atoms with E-state index in [1.807, 2.05) is 6.92 Å². The average molecular weight is 402 g/mol. The molecule has 28 heavy (non-hydrogen) atoms. The Labute approximate surface area is 167 Å². The lowest BCUT2D eigenvalue weighted by molar-refractivity contribution is -0.125. The van der Waals surface area contributed by atoms with E-state index >= 15 is 0 Å². The Morgan fingerprint density at radius 2 is 2.00 bits per heavy atom. The highest BCUT2D eigenvalue weighted by atomic mass is 35.5. The molecule has 8 heteroatoms. The number of nitrogens with zero attached hydrogens (tertiary/aromatic N) is 1. The summed E-state index contributed by atoms with van der Waals surface area (Å²) in [4.78, 5) is 38.2. The molecule has 0 aromatic heterocycles. The second-order valence-electron chi connectivity index (χ2n) is 6.23. The summed E-state index contributed by atoms with van der Waals surface area (Å²) in [5, 5.41) is 5.84. The zero-order valence-corrected chi connectivity index (χ0v) is 16.1. The van der Waals surface area contributed by atoms with Crippen molar-refractivity contribution in [3.05, 3.63) is 53.1 Å². The number of carbonyl (C=O) groups excluding carboxylic acids is 3. The number of nitrogens with one attached hydrogen (secondary N) is 2. The highest BCUT2D eigenvalue weighted by Gasteiger charge is 2.27. The van der Waals surface area contributed by atoms with Crippen molar-refractivity contribution in [3.8, 4) is 5.75 Å². The van der Waals surface area contributed by atoms with E-state index < -0.39 is 0 Å². The summed E-state index contributed by atoms with van der Waals surface area (Å²) >= 11 is 6.06.